The predicted molar refractivity (Wildman–Crippen MR) is 52.1 cm³/mol. The molecule has 0 amide bonds. The van der Waals surface area contributed by atoms with E-state index < -0.39 is 0 Å². The van der Waals surface area contributed by atoms with Gasteiger partial charge in [0, 0.05) is 6.42 Å². The van der Waals surface area contributed by atoms with Crippen LogP contribution in [0.15, 0.2) is 36.7 Å². The second-order valence-corrected chi connectivity index (χ2v) is 3.33. The molecule has 1 atom stereocenters. The van der Waals surface area contributed by atoms with Gasteiger partial charge in [0.2, 0.25) is 0 Å². The summed E-state index contributed by atoms with van der Waals surface area (Å²) in [6.07, 6.45) is 12.5. The minimum Gasteiger partial charge on any atom is -0.238 e. The molecular formula is C11H11FN2. The van der Waals surface area contributed by atoms with Gasteiger partial charge in [-0.1, -0.05) is 24.3 Å². The van der Waals surface area contributed by atoms with Crippen molar-refractivity contribution in [2.75, 3.05) is 0 Å². The molecule has 1 aliphatic rings. The highest BCUT2D eigenvalue weighted by molar-refractivity contribution is 5.12. The van der Waals surface area contributed by atoms with Crippen LogP contribution in [0.5, 0.6) is 0 Å². The fourth-order valence-corrected chi connectivity index (χ4v) is 1.46. The maximum atomic E-state index is 12.5. The molecule has 0 spiro atoms. The van der Waals surface area contributed by atoms with Crippen LogP contribution in [0.3, 0.4) is 0 Å². The zero-order valence-electron chi connectivity index (χ0n) is 7.73. The Morgan fingerprint density at radius 2 is 2.07 bits per heavy atom. The van der Waals surface area contributed by atoms with Gasteiger partial charge in [0.05, 0.1) is 12.4 Å². The van der Waals surface area contributed by atoms with E-state index in [1.165, 1.54) is 12.4 Å². The first-order valence-corrected chi connectivity index (χ1v) is 4.64. The van der Waals surface area contributed by atoms with Crippen molar-refractivity contribution in [1.29, 1.82) is 0 Å². The molecular weight excluding hydrogens is 179 g/mol. The van der Waals surface area contributed by atoms with Crippen molar-refractivity contribution in [1.82, 2.24) is 9.97 Å². The Hall–Kier alpha value is -1.51. The lowest BCUT2D eigenvalue weighted by atomic mass is 9.97. The highest BCUT2D eigenvalue weighted by Crippen LogP contribution is 2.15. The summed E-state index contributed by atoms with van der Waals surface area (Å²) in [5.74, 6) is 0.773. The molecule has 14 heavy (non-hydrogen) atoms. The van der Waals surface area contributed by atoms with E-state index >= 15 is 0 Å². The van der Waals surface area contributed by atoms with E-state index in [0.717, 1.165) is 12.8 Å². The van der Waals surface area contributed by atoms with Gasteiger partial charge in [-0.05, 0) is 12.3 Å². The first-order chi connectivity index (χ1) is 6.84. The molecule has 0 saturated carbocycles. The first kappa shape index (κ1) is 9.06. The van der Waals surface area contributed by atoms with Gasteiger partial charge >= 0.3 is 0 Å². The van der Waals surface area contributed by atoms with E-state index in [2.05, 4.69) is 22.1 Å². The van der Waals surface area contributed by atoms with Crippen LogP contribution < -0.4 is 0 Å². The van der Waals surface area contributed by atoms with Crippen LogP contribution >= 0.6 is 0 Å². The molecule has 1 heterocycles. The summed E-state index contributed by atoms with van der Waals surface area (Å²) in [5, 5.41) is 0. The molecule has 0 aliphatic heterocycles. The van der Waals surface area contributed by atoms with Gasteiger partial charge in [-0.3, -0.25) is 0 Å². The summed E-state index contributed by atoms with van der Waals surface area (Å²) >= 11 is 0. The Bertz CT molecular complexity index is 354. The largest absolute Gasteiger partial charge is 0.238 e. The lowest BCUT2D eigenvalue weighted by molar-refractivity contribution is 0.590. The monoisotopic (exact) mass is 190 g/mol. The quantitative estimate of drug-likeness (QED) is 0.715. The third kappa shape index (κ3) is 2.25. The van der Waals surface area contributed by atoms with E-state index in [-0.39, 0.29) is 5.82 Å². The minimum atomic E-state index is -0.382. The van der Waals surface area contributed by atoms with Gasteiger partial charge in [-0.15, -0.1) is 0 Å². The molecule has 0 fully saturated rings. The topological polar surface area (TPSA) is 25.8 Å². The third-order valence-electron chi connectivity index (χ3n) is 2.19. The zero-order chi connectivity index (χ0) is 9.80. The zero-order valence-corrected chi connectivity index (χ0v) is 7.73. The van der Waals surface area contributed by atoms with Gasteiger partial charge in [-0.2, -0.15) is 0 Å². The lowest BCUT2D eigenvalue weighted by Gasteiger charge is -2.10. The van der Waals surface area contributed by atoms with Crippen molar-refractivity contribution in [3.8, 4) is 0 Å². The molecule has 1 aliphatic carbocycles. The van der Waals surface area contributed by atoms with Crippen molar-refractivity contribution >= 4 is 0 Å². The van der Waals surface area contributed by atoms with Gasteiger partial charge in [0.1, 0.15) is 5.82 Å². The third-order valence-corrected chi connectivity index (χ3v) is 2.19. The van der Waals surface area contributed by atoms with Crippen LogP contribution in [-0.4, -0.2) is 9.97 Å². The predicted octanol–water partition coefficient (Wildman–Crippen LogP) is 2.29. The number of aromatic nitrogens is 2. The van der Waals surface area contributed by atoms with Crippen molar-refractivity contribution in [3.05, 3.63) is 48.3 Å². The summed E-state index contributed by atoms with van der Waals surface area (Å²) in [6.45, 7) is 0. The highest BCUT2D eigenvalue weighted by atomic mass is 19.1. The molecule has 0 saturated heterocycles. The maximum absolute atomic E-state index is 12.5. The average molecular weight is 190 g/mol. The number of halogens is 1. The van der Waals surface area contributed by atoms with Crippen molar-refractivity contribution in [2.45, 2.75) is 12.8 Å². The SMILES string of the molecule is Fc1cnc(CC2C=CC=CC2)nc1. The van der Waals surface area contributed by atoms with E-state index in [1.54, 1.807) is 0 Å². The summed E-state index contributed by atoms with van der Waals surface area (Å²) in [5.41, 5.74) is 0. The van der Waals surface area contributed by atoms with E-state index in [1.807, 2.05) is 12.2 Å². The van der Waals surface area contributed by atoms with Crippen LogP contribution in [0.25, 0.3) is 0 Å². The van der Waals surface area contributed by atoms with Crippen LogP contribution in [0.4, 0.5) is 4.39 Å². The molecule has 1 aromatic rings. The standard InChI is InChI=1S/C11H11FN2/c12-10-7-13-11(14-8-10)6-9-4-2-1-3-5-9/h1-4,7-9H,5-6H2. The lowest BCUT2D eigenvalue weighted by Crippen LogP contribution is -2.05. The fraction of sp³-hybridized carbons (Fsp3) is 0.273. The second kappa shape index (κ2) is 4.13. The smallest absolute Gasteiger partial charge is 0.159 e. The Balaban J connectivity index is 2.00. The molecule has 72 valence electrons. The van der Waals surface area contributed by atoms with Crippen molar-refractivity contribution < 1.29 is 4.39 Å². The number of hydrogen-bond donors (Lipinski definition) is 0. The summed E-state index contributed by atoms with van der Waals surface area (Å²) in [6, 6.07) is 0. The molecule has 0 N–H and O–H groups in total. The maximum Gasteiger partial charge on any atom is 0.159 e. The van der Waals surface area contributed by atoms with Gasteiger partial charge in [0.15, 0.2) is 5.82 Å². The van der Waals surface area contributed by atoms with Gasteiger partial charge in [-0.25, -0.2) is 14.4 Å². The van der Waals surface area contributed by atoms with Crippen LogP contribution in [0.1, 0.15) is 12.2 Å². The number of rotatable bonds is 2. The Morgan fingerprint density at radius 3 is 2.71 bits per heavy atom. The Morgan fingerprint density at radius 1 is 1.29 bits per heavy atom. The summed E-state index contributed by atoms with van der Waals surface area (Å²) < 4.78 is 12.5. The van der Waals surface area contributed by atoms with Crippen molar-refractivity contribution in [2.24, 2.45) is 5.92 Å². The first-order valence-electron chi connectivity index (χ1n) is 4.64. The van der Waals surface area contributed by atoms with Crippen molar-refractivity contribution in [3.63, 3.8) is 0 Å². The molecule has 0 aromatic carbocycles. The molecule has 3 heteroatoms. The number of nitrogens with zero attached hydrogens (tertiary/aromatic N) is 2. The Labute approximate surface area is 82.2 Å². The fourth-order valence-electron chi connectivity index (χ4n) is 1.46. The highest BCUT2D eigenvalue weighted by Gasteiger charge is 2.08. The Kier molecular flexibility index (Phi) is 2.68. The molecule has 1 aromatic heterocycles. The molecule has 0 radical (unpaired) electrons. The summed E-state index contributed by atoms with van der Waals surface area (Å²) in [4.78, 5) is 7.86. The minimum absolute atomic E-state index is 0.382. The van der Waals surface area contributed by atoms with Crippen LogP contribution in [0, 0.1) is 11.7 Å². The normalized spacial score (nSPS) is 19.9. The number of hydrogen-bond acceptors (Lipinski definition) is 2. The second-order valence-electron chi connectivity index (χ2n) is 3.33. The molecule has 1 unspecified atom stereocenters. The van der Waals surface area contributed by atoms with E-state index in [4.69, 9.17) is 0 Å². The molecule has 2 nitrogen and oxygen atoms in total. The average Bonchev–Trinajstić information content (AvgIpc) is 2.23. The number of allylic oxidation sites excluding steroid dienone is 4. The van der Waals surface area contributed by atoms with E-state index in [0.29, 0.717) is 11.7 Å². The van der Waals surface area contributed by atoms with Gasteiger partial charge < -0.3 is 0 Å². The van der Waals surface area contributed by atoms with Crippen LogP contribution in [-0.2, 0) is 6.42 Å². The molecule has 0 bridgehead atoms. The summed E-state index contributed by atoms with van der Waals surface area (Å²) in [7, 11) is 0. The van der Waals surface area contributed by atoms with Gasteiger partial charge in [0.25, 0.3) is 0 Å². The molecule has 2 rings (SSSR count). The van der Waals surface area contributed by atoms with Crippen LogP contribution in [0.2, 0.25) is 0 Å². The van der Waals surface area contributed by atoms with E-state index in [9.17, 15) is 4.39 Å².